The Morgan fingerprint density at radius 1 is 0.871 bits per heavy atom. The molecule has 3 rings (SSSR count). The third kappa shape index (κ3) is 3.87. The minimum atomic E-state index is -4.03. The molecule has 0 aromatic heterocycles. The molecule has 0 amide bonds. The van der Waals surface area contributed by atoms with E-state index in [4.69, 9.17) is 9.47 Å². The molecule has 0 saturated heterocycles. The van der Waals surface area contributed by atoms with Crippen molar-refractivity contribution in [3.8, 4) is 0 Å². The smallest absolute Gasteiger partial charge is 0.325 e. The molecule has 6 nitrogen and oxygen atoms in total. The lowest BCUT2D eigenvalue weighted by Gasteiger charge is -2.15. The van der Waals surface area contributed by atoms with Gasteiger partial charge in [-0.25, -0.2) is 8.42 Å². The highest BCUT2D eigenvalue weighted by Crippen LogP contribution is 2.65. The van der Waals surface area contributed by atoms with Gasteiger partial charge in [0.2, 0.25) is 0 Å². The summed E-state index contributed by atoms with van der Waals surface area (Å²) >= 11 is 0. The highest BCUT2D eigenvalue weighted by Gasteiger charge is 2.81. The maximum Gasteiger partial charge on any atom is 0.325 e. The molecule has 0 spiro atoms. The number of rotatable bonds is 8. The fourth-order valence-corrected chi connectivity index (χ4v) is 6.41. The Bertz CT molecular complexity index is 1040. The number of aryl methyl sites for hydroxylation is 2. The monoisotopic (exact) mass is 444 g/mol. The van der Waals surface area contributed by atoms with Gasteiger partial charge >= 0.3 is 11.9 Å². The SMILES string of the molecule is CCOC(=O)C1(C(=O)OCC)[C@H](S(=O)(=O)c2ccc(C)cc2)[C@@H]1c1ccc(CC)cc1. The van der Waals surface area contributed by atoms with Crippen LogP contribution in [0.15, 0.2) is 53.4 Å². The van der Waals surface area contributed by atoms with E-state index < -0.39 is 38.4 Å². The summed E-state index contributed by atoms with van der Waals surface area (Å²) in [6, 6.07) is 13.7. The van der Waals surface area contributed by atoms with Gasteiger partial charge in [-0.3, -0.25) is 9.59 Å². The largest absolute Gasteiger partial charge is 0.465 e. The minimum Gasteiger partial charge on any atom is -0.465 e. The molecule has 2 aromatic rings. The highest BCUT2D eigenvalue weighted by molar-refractivity contribution is 7.92. The number of carbonyl (C=O) groups excluding carboxylic acids is 2. The van der Waals surface area contributed by atoms with Gasteiger partial charge in [-0.15, -0.1) is 0 Å². The predicted octanol–water partition coefficient (Wildman–Crippen LogP) is 3.61. The maximum absolute atomic E-state index is 13.6. The van der Waals surface area contributed by atoms with Crippen LogP contribution in [-0.4, -0.2) is 38.8 Å². The Labute approximate surface area is 183 Å². The van der Waals surface area contributed by atoms with Crippen LogP contribution in [0.25, 0.3) is 0 Å². The normalized spacial score (nSPS) is 19.5. The van der Waals surface area contributed by atoms with Crippen molar-refractivity contribution in [2.75, 3.05) is 13.2 Å². The third-order valence-corrected chi connectivity index (χ3v) is 8.03. The van der Waals surface area contributed by atoms with Crippen molar-refractivity contribution >= 4 is 21.8 Å². The second-order valence-corrected chi connectivity index (χ2v) is 9.73. The summed E-state index contributed by atoms with van der Waals surface area (Å²) in [7, 11) is -4.03. The van der Waals surface area contributed by atoms with E-state index in [9.17, 15) is 18.0 Å². The first kappa shape index (κ1) is 23.0. The minimum absolute atomic E-state index is 0.0266. The van der Waals surface area contributed by atoms with Crippen LogP contribution in [0.3, 0.4) is 0 Å². The van der Waals surface area contributed by atoms with E-state index in [1.54, 1.807) is 38.1 Å². The van der Waals surface area contributed by atoms with Gasteiger partial charge in [-0.1, -0.05) is 48.9 Å². The lowest BCUT2D eigenvalue weighted by Crippen LogP contribution is -2.35. The van der Waals surface area contributed by atoms with E-state index >= 15 is 0 Å². The number of hydrogen-bond acceptors (Lipinski definition) is 6. The molecular formula is C24H28O6S. The maximum atomic E-state index is 13.6. The van der Waals surface area contributed by atoms with Crippen LogP contribution in [-0.2, 0) is 35.3 Å². The van der Waals surface area contributed by atoms with E-state index in [0.717, 1.165) is 17.5 Å². The number of hydrogen-bond donors (Lipinski definition) is 0. The zero-order chi connectivity index (χ0) is 22.8. The fourth-order valence-electron chi connectivity index (χ4n) is 4.12. The van der Waals surface area contributed by atoms with Crippen molar-refractivity contribution in [2.24, 2.45) is 5.41 Å². The van der Waals surface area contributed by atoms with Gasteiger partial charge in [0.1, 0.15) is 5.25 Å². The summed E-state index contributed by atoms with van der Waals surface area (Å²) in [6.45, 7) is 7.16. The molecule has 0 N–H and O–H groups in total. The topological polar surface area (TPSA) is 86.7 Å². The van der Waals surface area contributed by atoms with Crippen molar-refractivity contribution in [3.63, 3.8) is 0 Å². The van der Waals surface area contributed by atoms with Crippen LogP contribution in [0.2, 0.25) is 0 Å². The molecule has 0 heterocycles. The number of ether oxygens (including phenoxy) is 2. The van der Waals surface area contributed by atoms with Crippen LogP contribution in [0.5, 0.6) is 0 Å². The summed E-state index contributed by atoms with van der Waals surface area (Å²) in [5, 5.41) is -1.30. The molecule has 166 valence electrons. The number of sulfone groups is 1. The molecule has 1 aliphatic rings. The molecular weight excluding hydrogens is 416 g/mol. The van der Waals surface area contributed by atoms with Crippen LogP contribution in [0, 0.1) is 12.3 Å². The number of esters is 2. The second-order valence-electron chi connectivity index (χ2n) is 7.66. The van der Waals surface area contributed by atoms with E-state index in [1.807, 2.05) is 26.0 Å². The summed E-state index contributed by atoms with van der Waals surface area (Å²) < 4.78 is 37.7. The molecule has 2 aromatic carbocycles. The van der Waals surface area contributed by atoms with Crippen molar-refractivity contribution in [3.05, 3.63) is 65.2 Å². The molecule has 0 unspecified atom stereocenters. The summed E-state index contributed by atoms with van der Waals surface area (Å²) in [5.74, 6) is -2.61. The van der Waals surface area contributed by atoms with E-state index in [0.29, 0.717) is 5.56 Å². The third-order valence-electron chi connectivity index (χ3n) is 5.79. The molecule has 0 aliphatic heterocycles. The molecule has 1 saturated carbocycles. The van der Waals surface area contributed by atoms with Crippen molar-refractivity contribution < 1.29 is 27.5 Å². The van der Waals surface area contributed by atoms with E-state index in [-0.39, 0.29) is 18.1 Å². The van der Waals surface area contributed by atoms with E-state index in [1.165, 1.54) is 12.1 Å². The van der Waals surface area contributed by atoms with Gasteiger partial charge in [-0.05, 0) is 50.5 Å². The Hall–Kier alpha value is -2.67. The van der Waals surface area contributed by atoms with Crippen LogP contribution >= 0.6 is 0 Å². The lowest BCUT2D eigenvalue weighted by atomic mass is 9.98. The quantitative estimate of drug-likeness (QED) is 0.457. The van der Waals surface area contributed by atoms with Crippen molar-refractivity contribution in [2.45, 2.75) is 50.2 Å². The lowest BCUT2D eigenvalue weighted by molar-refractivity contribution is -0.164. The first-order valence-electron chi connectivity index (χ1n) is 10.5. The zero-order valence-electron chi connectivity index (χ0n) is 18.3. The summed E-state index contributed by atoms with van der Waals surface area (Å²) in [6.07, 6.45) is 0.816. The van der Waals surface area contributed by atoms with Crippen molar-refractivity contribution in [1.82, 2.24) is 0 Å². The van der Waals surface area contributed by atoms with Crippen LogP contribution in [0.1, 0.15) is 43.4 Å². The molecule has 31 heavy (non-hydrogen) atoms. The number of benzene rings is 2. The van der Waals surface area contributed by atoms with Crippen LogP contribution in [0.4, 0.5) is 0 Å². The first-order valence-corrected chi connectivity index (χ1v) is 12.0. The Kier molecular flexibility index (Phi) is 6.55. The van der Waals surface area contributed by atoms with Gasteiger partial charge in [0.05, 0.1) is 18.1 Å². The van der Waals surface area contributed by atoms with Gasteiger partial charge in [0, 0.05) is 5.92 Å². The predicted molar refractivity (Wildman–Crippen MR) is 116 cm³/mol. The van der Waals surface area contributed by atoms with Crippen molar-refractivity contribution in [1.29, 1.82) is 0 Å². The van der Waals surface area contributed by atoms with Gasteiger partial charge in [-0.2, -0.15) is 0 Å². The average Bonchev–Trinajstić information content (AvgIpc) is 3.47. The molecule has 1 aliphatic carbocycles. The standard InChI is InChI=1S/C24H28O6S/c1-5-17-10-12-18(13-11-17)20-21(31(27,28)19-14-8-16(4)9-15-19)24(20,22(25)29-6-2)23(26)30-7-3/h8-15,20-21H,5-7H2,1-4H3/t20-,21+/m0/s1. The highest BCUT2D eigenvalue weighted by atomic mass is 32.2. The molecule has 0 bridgehead atoms. The van der Waals surface area contributed by atoms with Gasteiger partial charge in [0.15, 0.2) is 15.3 Å². The molecule has 1 fully saturated rings. The van der Waals surface area contributed by atoms with Gasteiger partial charge in [0.25, 0.3) is 0 Å². The second kappa shape index (κ2) is 8.83. The Morgan fingerprint density at radius 3 is 1.84 bits per heavy atom. The number of carbonyl (C=O) groups is 2. The molecule has 7 heteroatoms. The summed E-state index contributed by atoms with van der Waals surface area (Å²) in [5.41, 5.74) is 0.645. The molecule has 2 atom stereocenters. The first-order chi connectivity index (χ1) is 14.7. The summed E-state index contributed by atoms with van der Waals surface area (Å²) in [4.78, 5) is 26.3. The zero-order valence-corrected chi connectivity index (χ0v) is 19.1. The van der Waals surface area contributed by atoms with Gasteiger partial charge < -0.3 is 9.47 Å². The fraction of sp³-hybridized carbons (Fsp3) is 0.417. The van der Waals surface area contributed by atoms with E-state index in [2.05, 4.69) is 0 Å². The average molecular weight is 445 g/mol. The Morgan fingerprint density at radius 2 is 1.39 bits per heavy atom. The Balaban J connectivity index is 2.18. The molecule has 0 radical (unpaired) electrons. The van der Waals surface area contributed by atoms with Crippen LogP contribution < -0.4 is 0 Å².